The third-order valence-corrected chi connectivity index (χ3v) is 3.45. The van der Waals surface area contributed by atoms with Crippen molar-refractivity contribution < 1.29 is 9.59 Å². The zero-order valence-corrected chi connectivity index (χ0v) is 10.7. The fraction of sp³-hybridized carbons (Fsp3) is 0. The molecule has 0 aliphatic heterocycles. The number of aldehydes is 2. The van der Waals surface area contributed by atoms with Crippen LogP contribution in [0.15, 0.2) is 60.7 Å². The van der Waals surface area contributed by atoms with Gasteiger partial charge in [-0.1, -0.05) is 60.7 Å². The Morgan fingerprint density at radius 2 is 0.800 bits per heavy atom. The summed E-state index contributed by atoms with van der Waals surface area (Å²) in [6, 6.07) is 21.9. The number of rotatable bonds is 1. The summed E-state index contributed by atoms with van der Waals surface area (Å²) in [6.07, 6.45) is 0.389. The lowest BCUT2D eigenvalue weighted by molar-refractivity contribution is -0.122. The molecule has 0 unspecified atom stereocenters. The molecule has 0 radical (unpaired) electrons. The predicted molar refractivity (Wildman–Crippen MR) is 82.3 cm³/mol. The minimum atomic E-state index is 0.194. The maximum atomic E-state index is 8.81. The van der Waals surface area contributed by atoms with Crippen LogP contribution >= 0.6 is 0 Å². The Bertz CT molecular complexity index is 758. The van der Waals surface area contributed by atoms with Gasteiger partial charge in [0.15, 0.2) is 12.6 Å². The van der Waals surface area contributed by atoms with Crippen LogP contribution in [0.5, 0.6) is 0 Å². The van der Waals surface area contributed by atoms with E-state index < -0.39 is 0 Å². The highest BCUT2D eigenvalue weighted by atomic mass is 16.2. The van der Waals surface area contributed by atoms with Gasteiger partial charge in [-0.3, -0.25) is 9.59 Å². The Morgan fingerprint density at radius 3 is 1.05 bits per heavy atom. The van der Waals surface area contributed by atoms with E-state index in [1.165, 1.54) is 32.3 Å². The third-order valence-electron chi connectivity index (χ3n) is 3.45. The minimum Gasteiger partial charge on any atom is -0.295 e. The zero-order valence-electron chi connectivity index (χ0n) is 10.7. The molecule has 0 atom stereocenters. The van der Waals surface area contributed by atoms with Gasteiger partial charge in [-0.2, -0.15) is 0 Å². The van der Waals surface area contributed by atoms with E-state index in [2.05, 4.69) is 60.7 Å². The van der Waals surface area contributed by atoms with Gasteiger partial charge in [0.2, 0.25) is 0 Å². The van der Waals surface area contributed by atoms with Gasteiger partial charge >= 0.3 is 0 Å². The van der Waals surface area contributed by atoms with Crippen molar-refractivity contribution in [3.8, 4) is 0 Å². The summed E-state index contributed by atoms with van der Waals surface area (Å²) in [6.45, 7) is 0. The molecule has 20 heavy (non-hydrogen) atoms. The van der Waals surface area contributed by atoms with E-state index in [1.54, 1.807) is 0 Å². The molecule has 0 aliphatic carbocycles. The third kappa shape index (κ3) is 1.91. The topological polar surface area (TPSA) is 34.1 Å². The van der Waals surface area contributed by atoms with Crippen LogP contribution in [0.1, 0.15) is 0 Å². The molecule has 0 saturated carbocycles. The summed E-state index contributed by atoms with van der Waals surface area (Å²) >= 11 is 0. The second kappa shape index (κ2) is 5.10. The average molecular weight is 260 g/mol. The van der Waals surface area contributed by atoms with Crippen LogP contribution in [0, 0.1) is 0 Å². The summed E-state index contributed by atoms with van der Waals surface area (Å²) in [4.78, 5) is 17.6. The molecule has 0 saturated heterocycles. The van der Waals surface area contributed by atoms with Gasteiger partial charge in [-0.05, 0) is 32.3 Å². The Balaban J connectivity index is 0.000000272. The molecule has 0 fully saturated rings. The molecule has 4 rings (SSSR count). The molecule has 0 aliphatic rings. The molecule has 0 aromatic heterocycles. The first-order valence-corrected chi connectivity index (χ1v) is 6.36. The van der Waals surface area contributed by atoms with Crippen LogP contribution in [0.4, 0.5) is 0 Å². The molecule has 4 aromatic carbocycles. The number of carbonyl (C=O) groups excluding carboxylic acids is 2. The van der Waals surface area contributed by atoms with Gasteiger partial charge in [-0.15, -0.1) is 0 Å². The van der Waals surface area contributed by atoms with Gasteiger partial charge in [0.05, 0.1) is 0 Å². The van der Waals surface area contributed by atoms with E-state index >= 15 is 0 Å². The molecule has 4 aromatic rings. The van der Waals surface area contributed by atoms with E-state index in [9.17, 15) is 0 Å². The maximum Gasteiger partial charge on any atom is 0.182 e. The summed E-state index contributed by atoms with van der Waals surface area (Å²) in [5.74, 6) is 0. The normalized spacial score (nSPS) is 10.4. The quantitative estimate of drug-likeness (QED) is 0.295. The Kier molecular flexibility index (Phi) is 3.13. The van der Waals surface area contributed by atoms with Gasteiger partial charge < -0.3 is 0 Å². The van der Waals surface area contributed by atoms with Crippen molar-refractivity contribution in [3.05, 3.63) is 60.7 Å². The highest BCUT2D eigenvalue weighted by Crippen LogP contribution is 2.33. The Hall–Kier alpha value is -2.74. The highest BCUT2D eigenvalue weighted by Gasteiger charge is 2.05. The first kappa shape index (κ1) is 12.3. The second-order valence-corrected chi connectivity index (χ2v) is 4.56. The van der Waals surface area contributed by atoms with Crippen molar-refractivity contribution in [2.45, 2.75) is 0 Å². The van der Waals surface area contributed by atoms with Gasteiger partial charge in [0, 0.05) is 0 Å². The number of hydrogen-bond acceptors (Lipinski definition) is 2. The van der Waals surface area contributed by atoms with E-state index in [1.807, 2.05) is 0 Å². The van der Waals surface area contributed by atoms with Crippen molar-refractivity contribution in [2.75, 3.05) is 0 Å². The molecule has 0 spiro atoms. The lowest BCUT2D eigenvalue weighted by Gasteiger charge is -2.09. The zero-order chi connectivity index (χ0) is 13.9. The maximum absolute atomic E-state index is 8.81. The van der Waals surface area contributed by atoms with Crippen LogP contribution < -0.4 is 0 Å². The second-order valence-electron chi connectivity index (χ2n) is 4.56. The van der Waals surface area contributed by atoms with Crippen molar-refractivity contribution in [3.63, 3.8) is 0 Å². The van der Waals surface area contributed by atoms with Gasteiger partial charge in [0.25, 0.3) is 0 Å². The largest absolute Gasteiger partial charge is 0.295 e. The van der Waals surface area contributed by atoms with E-state index in [0.29, 0.717) is 0 Å². The Labute approximate surface area is 116 Å². The predicted octanol–water partition coefficient (Wildman–Crippen LogP) is 3.97. The van der Waals surface area contributed by atoms with Crippen LogP contribution in [0.2, 0.25) is 0 Å². The number of carbonyl (C=O) groups is 2. The van der Waals surface area contributed by atoms with Gasteiger partial charge in [-0.25, -0.2) is 0 Å². The van der Waals surface area contributed by atoms with E-state index in [0.717, 1.165) is 0 Å². The first-order valence-electron chi connectivity index (χ1n) is 6.36. The molecular weight excluding hydrogens is 248 g/mol. The fourth-order valence-electron chi connectivity index (χ4n) is 2.67. The van der Waals surface area contributed by atoms with Crippen LogP contribution in [0.3, 0.4) is 0 Å². The first-order chi connectivity index (χ1) is 9.85. The van der Waals surface area contributed by atoms with E-state index in [-0.39, 0.29) is 12.6 Å². The number of hydrogen-bond donors (Lipinski definition) is 0. The van der Waals surface area contributed by atoms with Crippen LogP contribution in [-0.2, 0) is 9.59 Å². The van der Waals surface area contributed by atoms with E-state index in [4.69, 9.17) is 9.59 Å². The summed E-state index contributed by atoms with van der Waals surface area (Å²) in [7, 11) is 0. The summed E-state index contributed by atoms with van der Waals surface area (Å²) < 4.78 is 0. The molecule has 2 nitrogen and oxygen atoms in total. The van der Waals surface area contributed by atoms with Gasteiger partial charge in [0.1, 0.15) is 0 Å². The molecular formula is C18H12O2. The molecule has 96 valence electrons. The van der Waals surface area contributed by atoms with Crippen LogP contribution in [0.25, 0.3) is 32.3 Å². The lowest BCUT2D eigenvalue weighted by atomic mass is 9.95. The summed E-state index contributed by atoms with van der Waals surface area (Å²) in [5, 5.41) is 8.14. The highest BCUT2D eigenvalue weighted by molar-refractivity contribution is 6.22. The SMILES string of the molecule is O=CC=O.c1cc2ccc3cccc4ccc(c1)c2c34. The molecule has 0 amide bonds. The molecule has 0 heterocycles. The van der Waals surface area contributed by atoms with Crippen molar-refractivity contribution in [1.29, 1.82) is 0 Å². The monoisotopic (exact) mass is 260 g/mol. The molecule has 0 N–H and O–H groups in total. The standard InChI is InChI=1S/C16H10.C2H2O2/c1-3-11-7-9-13-5-2-6-14-10-8-12(4-1)15(11)16(13)14;3-1-2-4/h1-10H;1-2H. The van der Waals surface area contributed by atoms with Crippen molar-refractivity contribution in [2.24, 2.45) is 0 Å². The smallest absolute Gasteiger partial charge is 0.182 e. The molecule has 0 bridgehead atoms. The lowest BCUT2D eigenvalue weighted by Crippen LogP contribution is -1.82. The summed E-state index contributed by atoms with van der Waals surface area (Å²) in [5.41, 5.74) is 0. The van der Waals surface area contributed by atoms with Crippen molar-refractivity contribution in [1.82, 2.24) is 0 Å². The van der Waals surface area contributed by atoms with Crippen molar-refractivity contribution >= 4 is 44.9 Å². The Morgan fingerprint density at radius 1 is 0.500 bits per heavy atom. The average Bonchev–Trinajstić information content (AvgIpc) is 2.53. The fourth-order valence-corrected chi connectivity index (χ4v) is 2.67. The van der Waals surface area contributed by atoms with Crippen LogP contribution in [-0.4, -0.2) is 12.6 Å². The minimum absolute atomic E-state index is 0.194. The number of benzene rings is 4. The molecule has 2 heteroatoms.